The lowest BCUT2D eigenvalue weighted by atomic mass is 10.1. The molecule has 3 rings (SSSR count). The van der Waals surface area contributed by atoms with Gasteiger partial charge in [-0.1, -0.05) is 13.3 Å². The monoisotopic (exact) mass is 288 g/mol. The maximum atomic E-state index is 5.88. The van der Waals surface area contributed by atoms with E-state index in [4.69, 9.17) is 10.7 Å². The van der Waals surface area contributed by atoms with Crippen LogP contribution in [-0.2, 0) is 13.0 Å². The maximum Gasteiger partial charge on any atom is 0.129 e. The average molecular weight is 288 g/mol. The van der Waals surface area contributed by atoms with E-state index in [1.54, 1.807) is 0 Å². The van der Waals surface area contributed by atoms with E-state index >= 15 is 0 Å². The first-order valence-corrected chi connectivity index (χ1v) is 8.42. The van der Waals surface area contributed by atoms with E-state index in [2.05, 4.69) is 35.8 Å². The van der Waals surface area contributed by atoms with E-state index in [1.165, 1.54) is 37.2 Å². The van der Waals surface area contributed by atoms with Crippen LogP contribution in [0.25, 0.3) is 0 Å². The van der Waals surface area contributed by atoms with E-state index in [0.29, 0.717) is 12.6 Å². The van der Waals surface area contributed by atoms with Crippen LogP contribution in [0.1, 0.15) is 44.4 Å². The molecule has 4 nitrogen and oxygen atoms in total. The number of aryl methyl sites for hydroxylation is 1. The van der Waals surface area contributed by atoms with Gasteiger partial charge in [0.2, 0.25) is 0 Å². The lowest BCUT2D eigenvalue weighted by molar-refractivity contribution is 0.202. The molecule has 0 aliphatic carbocycles. The van der Waals surface area contributed by atoms with E-state index < -0.39 is 0 Å². The number of fused-ring (bicyclic) bond motifs is 1. The van der Waals surface area contributed by atoms with Gasteiger partial charge in [0.15, 0.2) is 0 Å². The second-order valence-corrected chi connectivity index (χ2v) is 6.57. The molecule has 0 aromatic carbocycles. The van der Waals surface area contributed by atoms with Crippen molar-refractivity contribution < 1.29 is 0 Å². The highest BCUT2D eigenvalue weighted by Crippen LogP contribution is 2.28. The van der Waals surface area contributed by atoms with Crippen molar-refractivity contribution in [3.63, 3.8) is 0 Å². The molecule has 2 unspecified atom stereocenters. The SMILES string of the molecule is CCCc1cc(CN)cc(N2CC3CCCN3CC2C)n1. The Kier molecular flexibility index (Phi) is 4.45. The molecule has 0 saturated carbocycles. The number of pyridine rings is 1. The number of hydrogen-bond donors (Lipinski definition) is 1. The molecule has 2 N–H and O–H groups in total. The summed E-state index contributed by atoms with van der Waals surface area (Å²) in [5.41, 5.74) is 8.28. The van der Waals surface area contributed by atoms with Gasteiger partial charge in [-0.3, -0.25) is 4.90 Å². The predicted octanol–water partition coefficient (Wildman–Crippen LogP) is 2.17. The van der Waals surface area contributed by atoms with E-state index in [9.17, 15) is 0 Å². The van der Waals surface area contributed by atoms with Gasteiger partial charge in [-0.25, -0.2) is 4.98 Å². The molecule has 0 amide bonds. The third-order valence-electron chi connectivity index (χ3n) is 4.90. The van der Waals surface area contributed by atoms with Gasteiger partial charge in [0.1, 0.15) is 5.82 Å². The Morgan fingerprint density at radius 3 is 2.95 bits per heavy atom. The number of rotatable bonds is 4. The van der Waals surface area contributed by atoms with Gasteiger partial charge < -0.3 is 10.6 Å². The molecular formula is C17H28N4. The molecule has 21 heavy (non-hydrogen) atoms. The number of aromatic nitrogens is 1. The minimum Gasteiger partial charge on any atom is -0.351 e. The topological polar surface area (TPSA) is 45.4 Å². The van der Waals surface area contributed by atoms with Gasteiger partial charge in [-0.05, 0) is 50.4 Å². The van der Waals surface area contributed by atoms with Gasteiger partial charge in [0.05, 0.1) is 0 Å². The Balaban J connectivity index is 1.85. The second kappa shape index (κ2) is 6.32. The first kappa shape index (κ1) is 14.8. The third-order valence-corrected chi connectivity index (χ3v) is 4.90. The highest BCUT2D eigenvalue weighted by atomic mass is 15.3. The van der Waals surface area contributed by atoms with Crippen molar-refractivity contribution in [3.8, 4) is 0 Å². The van der Waals surface area contributed by atoms with Crippen LogP contribution in [0.3, 0.4) is 0 Å². The zero-order valence-electron chi connectivity index (χ0n) is 13.4. The standard InChI is InChI=1S/C17H28N4/c1-3-5-15-8-14(10-18)9-17(19-15)21-12-16-6-4-7-20(16)11-13(21)2/h8-9,13,16H,3-7,10-12,18H2,1-2H3. The zero-order chi connectivity index (χ0) is 14.8. The Morgan fingerprint density at radius 2 is 2.19 bits per heavy atom. The largest absolute Gasteiger partial charge is 0.351 e. The second-order valence-electron chi connectivity index (χ2n) is 6.57. The Morgan fingerprint density at radius 1 is 1.33 bits per heavy atom. The highest BCUT2D eigenvalue weighted by molar-refractivity contribution is 5.45. The summed E-state index contributed by atoms with van der Waals surface area (Å²) in [5.74, 6) is 1.14. The zero-order valence-corrected chi connectivity index (χ0v) is 13.4. The fraction of sp³-hybridized carbons (Fsp3) is 0.706. The summed E-state index contributed by atoms with van der Waals surface area (Å²) in [6, 6.07) is 5.62. The molecule has 1 aromatic heterocycles. The quantitative estimate of drug-likeness (QED) is 0.922. The summed E-state index contributed by atoms with van der Waals surface area (Å²) in [7, 11) is 0. The van der Waals surface area contributed by atoms with Crippen LogP contribution in [0.15, 0.2) is 12.1 Å². The van der Waals surface area contributed by atoms with Crippen LogP contribution in [0.2, 0.25) is 0 Å². The summed E-state index contributed by atoms with van der Waals surface area (Å²) >= 11 is 0. The number of hydrogen-bond acceptors (Lipinski definition) is 4. The van der Waals surface area contributed by atoms with Crippen molar-refractivity contribution in [2.45, 2.75) is 58.2 Å². The molecule has 4 heteroatoms. The van der Waals surface area contributed by atoms with Crippen molar-refractivity contribution >= 4 is 5.82 Å². The molecule has 2 saturated heterocycles. The van der Waals surface area contributed by atoms with Gasteiger partial charge in [-0.15, -0.1) is 0 Å². The molecule has 2 fully saturated rings. The fourth-order valence-electron chi connectivity index (χ4n) is 3.79. The van der Waals surface area contributed by atoms with Crippen LogP contribution < -0.4 is 10.6 Å². The number of anilines is 1. The van der Waals surface area contributed by atoms with Gasteiger partial charge in [-0.2, -0.15) is 0 Å². The minimum absolute atomic E-state index is 0.536. The lowest BCUT2D eigenvalue weighted by Gasteiger charge is -2.43. The molecule has 2 atom stereocenters. The summed E-state index contributed by atoms with van der Waals surface area (Å²) in [6.07, 6.45) is 4.86. The maximum absolute atomic E-state index is 5.88. The van der Waals surface area contributed by atoms with E-state index in [1.807, 2.05) is 0 Å². The summed E-state index contributed by atoms with van der Waals surface area (Å²) in [6.45, 7) is 8.70. The van der Waals surface area contributed by atoms with Crippen molar-refractivity contribution in [1.29, 1.82) is 0 Å². The normalized spacial score (nSPS) is 26.1. The molecular weight excluding hydrogens is 260 g/mol. The third kappa shape index (κ3) is 3.06. The van der Waals surface area contributed by atoms with Crippen LogP contribution in [-0.4, -0.2) is 41.6 Å². The number of nitrogens with zero attached hydrogens (tertiary/aromatic N) is 3. The van der Waals surface area contributed by atoms with Gasteiger partial charge in [0, 0.05) is 37.4 Å². The molecule has 3 heterocycles. The molecule has 0 spiro atoms. The van der Waals surface area contributed by atoms with Crippen molar-refractivity contribution in [3.05, 3.63) is 23.4 Å². The molecule has 1 aromatic rings. The van der Waals surface area contributed by atoms with Crippen molar-refractivity contribution in [1.82, 2.24) is 9.88 Å². The average Bonchev–Trinajstić information content (AvgIpc) is 2.93. The van der Waals surface area contributed by atoms with E-state index in [-0.39, 0.29) is 0 Å². The van der Waals surface area contributed by atoms with Crippen molar-refractivity contribution in [2.75, 3.05) is 24.5 Å². The minimum atomic E-state index is 0.536. The lowest BCUT2D eigenvalue weighted by Crippen LogP contribution is -2.55. The molecule has 0 bridgehead atoms. The first-order chi connectivity index (χ1) is 10.2. The molecule has 0 radical (unpaired) electrons. The first-order valence-electron chi connectivity index (χ1n) is 8.42. The fourth-order valence-corrected chi connectivity index (χ4v) is 3.79. The number of piperazine rings is 1. The summed E-state index contributed by atoms with van der Waals surface area (Å²) in [4.78, 5) is 10.1. The molecule has 116 valence electrons. The van der Waals surface area contributed by atoms with Gasteiger partial charge >= 0.3 is 0 Å². The predicted molar refractivity (Wildman–Crippen MR) is 87.5 cm³/mol. The van der Waals surface area contributed by atoms with Crippen LogP contribution in [0.5, 0.6) is 0 Å². The Bertz CT molecular complexity index is 488. The number of nitrogens with two attached hydrogens (primary N) is 1. The molecule has 2 aliphatic rings. The summed E-state index contributed by atoms with van der Waals surface area (Å²) in [5, 5.41) is 0. The van der Waals surface area contributed by atoms with Crippen LogP contribution >= 0.6 is 0 Å². The van der Waals surface area contributed by atoms with Crippen molar-refractivity contribution in [2.24, 2.45) is 5.73 Å². The molecule has 2 aliphatic heterocycles. The van der Waals surface area contributed by atoms with E-state index in [0.717, 1.165) is 31.2 Å². The highest BCUT2D eigenvalue weighted by Gasteiger charge is 2.34. The van der Waals surface area contributed by atoms with Crippen LogP contribution in [0, 0.1) is 0 Å². The summed E-state index contributed by atoms with van der Waals surface area (Å²) < 4.78 is 0. The Labute approximate surface area is 128 Å². The van der Waals surface area contributed by atoms with Gasteiger partial charge in [0.25, 0.3) is 0 Å². The van der Waals surface area contributed by atoms with Crippen LogP contribution in [0.4, 0.5) is 5.82 Å². The Hall–Kier alpha value is -1.13. The smallest absolute Gasteiger partial charge is 0.129 e.